The first-order chi connectivity index (χ1) is 13.9. The zero-order chi connectivity index (χ0) is 24.2. The zero-order valence-corrected chi connectivity index (χ0v) is 15.1. The number of amides is 1. The van der Waals surface area contributed by atoms with Crippen molar-refractivity contribution in [3.63, 3.8) is 0 Å². The van der Waals surface area contributed by atoms with Crippen molar-refractivity contribution < 1.29 is 63.4 Å². The van der Waals surface area contributed by atoms with E-state index in [1.807, 2.05) is 0 Å². The maximum absolute atomic E-state index is 12.6. The molecule has 1 unspecified atom stereocenters. The van der Waals surface area contributed by atoms with E-state index < -0.39 is 55.0 Å². The van der Waals surface area contributed by atoms with Crippen LogP contribution in [-0.2, 0) is 23.9 Å². The van der Waals surface area contributed by atoms with Gasteiger partial charge in [0.05, 0.1) is 0 Å². The third-order valence-electron chi connectivity index (χ3n) is 3.26. The van der Waals surface area contributed by atoms with Crippen LogP contribution in [0.1, 0.15) is 5.56 Å². The Morgan fingerprint density at radius 2 is 1.35 bits per heavy atom. The van der Waals surface area contributed by atoms with Gasteiger partial charge in [0.2, 0.25) is 11.8 Å². The van der Waals surface area contributed by atoms with E-state index in [0.29, 0.717) is 5.56 Å². The summed E-state index contributed by atoms with van der Waals surface area (Å²) in [5, 5.41) is 1.79. The lowest BCUT2D eigenvalue weighted by molar-refractivity contribution is -0.314. The first-order valence-corrected chi connectivity index (χ1v) is 7.86. The number of nitrogens with one attached hydrogen (secondary N) is 1. The lowest BCUT2D eigenvalue weighted by Gasteiger charge is -2.24. The van der Waals surface area contributed by atoms with Gasteiger partial charge in [-0.05, 0) is 19.1 Å². The number of benzene rings is 1. The third-order valence-corrected chi connectivity index (χ3v) is 3.26. The van der Waals surface area contributed by atoms with Crippen molar-refractivity contribution in [1.82, 2.24) is 0 Å². The quantitative estimate of drug-likeness (QED) is 0.391. The number of esters is 2. The number of aryl methyl sites for hydroxylation is 1. The number of hydrogen-bond donors (Lipinski definition) is 1. The molecular weight excluding hydrogens is 457 g/mol. The molecule has 1 atom stereocenters. The summed E-state index contributed by atoms with van der Waals surface area (Å²) in [4.78, 5) is 35.7. The number of anilines is 1. The summed E-state index contributed by atoms with van der Waals surface area (Å²) in [6.07, 6.45) is -22.3. The minimum atomic E-state index is -6.19. The molecule has 0 radical (unpaired) electrons. The molecule has 0 bridgehead atoms. The largest absolute Gasteiger partial charge is 0.455 e. The van der Waals surface area contributed by atoms with E-state index in [1.54, 1.807) is 12.2 Å². The lowest BCUT2D eigenvalue weighted by atomic mass is 10.1. The van der Waals surface area contributed by atoms with Gasteiger partial charge in [0.25, 0.3) is 6.10 Å². The molecule has 1 rings (SSSR count). The Morgan fingerprint density at radius 3 is 1.77 bits per heavy atom. The molecule has 0 aliphatic rings. The van der Waals surface area contributed by atoms with E-state index in [4.69, 9.17) is 0 Å². The van der Waals surface area contributed by atoms with E-state index in [0.717, 1.165) is 0 Å². The number of carbonyl (C=O) groups is 3. The summed E-state index contributed by atoms with van der Waals surface area (Å²) in [6.45, 7) is -0.760. The second-order valence-corrected chi connectivity index (χ2v) is 5.91. The van der Waals surface area contributed by atoms with Crippen LogP contribution >= 0.6 is 0 Å². The minimum absolute atomic E-state index is 0.180. The molecule has 6 nitrogen and oxygen atoms in total. The fourth-order valence-corrected chi connectivity index (χ4v) is 1.90. The van der Waals surface area contributed by atoms with Gasteiger partial charge in [-0.1, -0.05) is 17.7 Å². The van der Waals surface area contributed by atoms with E-state index in [-0.39, 0.29) is 5.69 Å². The highest BCUT2D eigenvalue weighted by molar-refractivity contribution is 6.18. The molecule has 1 amide bonds. The summed E-state index contributed by atoms with van der Waals surface area (Å²) in [5.74, 6) is -10.2. The van der Waals surface area contributed by atoms with Crippen molar-refractivity contribution in [2.45, 2.75) is 31.6 Å². The van der Waals surface area contributed by atoms with Crippen LogP contribution in [0.4, 0.5) is 45.2 Å². The first-order valence-electron chi connectivity index (χ1n) is 7.86. The number of rotatable bonds is 6. The Kier molecular flexibility index (Phi) is 7.92. The van der Waals surface area contributed by atoms with E-state index in [1.165, 1.54) is 24.3 Å². The van der Waals surface area contributed by atoms with Crippen molar-refractivity contribution >= 4 is 23.5 Å². The SMILES string of the molecule is Cc1ccc(NC(=O)C(C(=O)OCC(F)(F)F)C(=O)OC(C(F)(F)F)C(F)(F)F)cc1. The highest BCUT2D eigenvalue weighted by Crippen LogP contribution is 2.36. The van der Waals surface area contributed by atoms with E-state index >= 15 is 0 Å². The average Bonchev–Trinajstić information content (AvgIpc) is 2.57. The molecule has 1 N–H and O–H groups in total. The number of ether oxygens (including phenoxy) is 2. The van der Waals surface area contributed by atoms with Gasteiger partial charge in [0.1, 0.15) is 0 Å². The fraction of sp³-hybridized carbons (Fsp3) is 0.438. The molecule has 0 aliphatic carbocycles. The summed E-state index contributed by atoms with van der Waals surface area (Å²) < 4.78 is 119. The molecule has 0 fully saturated rings. The van der Waals surface area contributed by atoms with Crippen LogP contribution in [0.3, 0.4) is 0 Å². The molecule has 0 spiro atoms. The van der Waals surface area contributed by atoms with E-state index in [9.17, 15) is 53.9 Å². The minimum Gasteiger partial charge on any atom is -0.455 e. The lowest BCUT2D eigenvalue weighted by Crippen LogP contribution is -2.49. The fourth-order valence-electron chi connectivity index (χ4n) is 1.90. The van der Waals surface area contributed by atoms with Crippen LogP contribution < -0.4 is 5.32 Å². The topological polar surface area (TPSA) is 81.7 Å². The van der Waals surface area contributed by atoms with E-state index in [2.05, 4.69) is 9.47 Å². The van der Waals surface area contributed by atoms with Crippen LogP contribution in [0, 0.1) is 12.8 Å². The molecule has 31 heavy (non-hydrogen) atoms. The van der Waals surface area contributed by atoms with Gasteiger partial charge in [0, 0.05) is 5.69 Å². The Morgan fingerprint density at radius 1 is 0.871 bits per heavy atom. The van der Waals surface area contributed by atoms with Gasteiger partial charge in [-0.2, -0.15) is 39.5 Å². The Labute approximate surface area is 167 Å². The smallest absolute Gasteiger partial charge is 0.434 e. The molecule has 0 aliphatic heterocycles. The highest BCUT2D eigenvalue weighted by atomic mass is 19.4. The standard InChI is InChI=1S/C16H12F9NO5/c1-7-2-4-8(5-3-7)26-10(27)9(11(28)30-6-14(17,18)19)12(29)31-13(15(20,21)22)16(23,24)25/h2-5,9,13H,6H2,1H3,(H,26,27). The molecule has 1 aromatic carbocycles. The van der Waals surface area contributed by atoms with Crippen LogP contribution in [-0.4, -0.2) is 49.1 Å². The van der Waals surface area contributed by atoms with Gasteiger partial charge in [-0.15, -0.1) is 0 Å². The van der Waals surface area contributed by atoms with Crippen molar-refractivity contribution in [2.24, 2.45) is 5.92 Å². The number of alkyl halides is 9. The Balaban J connectivity index is 3.18. The maximum atomic E-state index is 12.6. The molecule has 0 aromatic heterocycles. The van der Waals surface area contributed by atoms with Crippen LogP contribution in [0.5, 0.6) is 0 Å². The summed E-state index contributed by atoms with van der Waals surface area (Å²) in [5.41, 5.74) is 0.469. The molecule has 0 saturated carbocycles. The van der Waals surface area contributed by atoms with Gasteiger partial charge in [0.15, 0.2) is 6.61 Å². The predicted molar refractivity (Wildman–Crippen MR) is 82.3 cm³/mol. The summed E-state index contributed by atoms with van der Waals surface area (Å²) >= 11 is 0. The summed E-state index contributed by atoms with van der Waals surface area (Å²) in [6, 6.07) is 5.11. The zero-order valence-electron chi connectivity index (χ0n) is 15.1. The molecule has 0 saturated heterocycles. The molecule has 174 valence electrons. The second kappa shape index (κ2) is 9.43. The van der Waals surface area contributed by atoms with Crippen LogP contribution in [0.25, 0.3) is 0 Å². The monoisotopic (exact) mass is 469 g/mol. The van der Waals surface area contributed by atoms with Crippen LogP contribution in [0.15, 0.2) is 24.3 Å². The normalized spacial score (nSPS) is 13.5. The molecule has 0 heterocycles. The molecule has 15 heteroatoms. The number of carbonyl (C=O) groups excluding carboxylic acids is 3. The number of halogens is 9. The summed E-state index contributed by atoms with van der Waals surface area (Å²) in [7, 11) is 0. The van der Waals surface area contributed by atoms with Crippen molar-refractivity contribution in [2.75, 3.05) is 11.9 Å². The Hall–Kier alpha value is -3.00. The van der Waals surface area contributed by atoms with Gasteiger partial charge >= 0.3 is 30.5 Å². The first kappa shape index (κ1) is 26.0. The number of hydrogen-bond acceptors (Lipinski definition) is 5. The highest BCUT2D eigenvalue weighted by Gasteiger charge is 2.61. The van der Waals surface area contributed by atoms with Gasteiger partial charge in [-0.3, -0.25) is 14.4 Å². The van der Waals surface area contributed by atoms with Crippen molar-refractivity contribution in [3.8, 4) is 0 Å². The Bertz CT molecular complexity index is 786. The molecular formula is C16H12F9NO5. The maximum Gasteiger partial charge on any atom is 0.434 e. The van der Waals surface area contributed by atoms with Crippen molar-refractivity contribution in [3.05, 3.63) is 29.8 Å². The van der Waals surface area contributed by atoms with Gasteiger partial charge in [-0.25, -0.2) is 0 Å². The predicted octanol–water partition coefficient (Wildman–Crippen LogP) is 3.69. The van der Waals surface area contributed by atoms with Gasteiger partial charge < -0.3 is 14.8 Å². The van der Waals surface area contributed by atoms with Crippen LogP contribution in [0.2, 0.25) is 0 Å². The average molecular weight is 469 g/mol. The molecule has 1 aromatic rings. The third kappa shape index (κ3) is 8.33. The second-order valence-electron chi connectivity index (χ2n) is 5.91. The van der Waals surface area contributed by atoms with Crippen molar-refractivity contribution in [1.29, 1.82) is 0 Å².